The monoisotopic (exact) mass is 199 g/mol. The van der Waals surface area contributed by atoms with Crippen molar-refractivity contribution in [3.8, 4) is 0 Å². The molecule has 1 saturated heterocycles. The topological polar surface area (TPSA) is 21.3 Å². The van der Waals surface area contributed by atoms with Gasteiger partial charge in [-0.25, -0.2) is 0 Å². The molecule has 0 aromatic rings. The second-order valence-corrected chi connectivity index (χ2v) is 5.30. The Labute approximate surface area is 88.4 Å². The summed E-state index contributed by atoms with van der Waals surface area (Å²) >= 11 is 0. The van der Waals surface area contributed by atoms with Gasteiger partial charge >= 0.3 is 0 Å². The molecule has 0 aliphatic carbocycles. The Morgan fingerprint density at radius 2 is 1.86 bits per heavy atom. The Morgan fingerprint density at radius 1 is 1.21 bits per heavy atom. The molecule has 2 nitrogen and oxygen atoms in total. The van der Waals surface area contributed by atoms with E-state index in [-0.39, 0.29) is 5.60 Å². The largest absolute Gasteiger partial charge is 0.376 e. The van der Waals surface area contributed by atoms with Gasteiger partial charge in [0.05, 0.1) is 5.60 Å². The van der Waals surface area contributed by atoms with Crippen LogP contribution in [0.4, 0.5) is 0 Å². The van der Waals surface area contributed by atoms with E-state index in [0.29, 0.717) is 0 Å². The van der Waals surface area contributed by atoms with Crippen molar-refractivity contribution in [1.29, 1.82) is 0 Å². The molecule has 1 N–H and O–H groups in total. The normalized spacial score (nSPS) is 19.9. The van der Waals surface area contributed by atoms with Crippen LogP contribution in [0.25, 0.3) is 0 Å². The van der Waals surface area contributed by atoms with Crippen molar-refractivity contribution in [2.45, 2.75) is 52.1 Å². The molecule has 0 amide bonds. The minimum atomic E-state index is 0.0358. The molecular formula is C12H25NO. The minimum Gasteiger partial charge on any atom is -0.376 e. The molecule has 0 saturated carbocycles. The van der Waals surface area contributed by atoms with Gasteiger partial charge in [0, 0.05) is 6.61 Å². The van der Waals surface area contributed by atoms with Gasteiger partial charge in [0.2, 0.25) is 0 Å². The van der Waals surface area contributed by atoms with Gasteiger partial charge in [-0.15, -0.1) is 0 Å². The van der Waals surface area contributed by atoms with Crippen molar-refractivity contribution < 1.29 is 4.74 Å². The molecule has 0 aromatic carbocycles. The molecule has 1 rings (SSSR count). The van der Waals surface area contributed by atoms with Gasteiger partial charge in [0.15, 0.2) is 0 Å². The Bertz CT molecular complexity index is 145. The van der Waals surface area contributed by atoms with Crippen LogP contribution in [0, 0.1) is 5.92 Å². The Morgan fingerprint density at radius 3 is 2.43 bits per heavy atom. The first-order valence-corrected chi connectivity index (χ1v) is 5.92. The van der Waals surface area contributed by atoms with E-state index >= 15 is 0 Å². The maximum absolute atomic E-state index is 5.70. The third kappa shape index (κ3) is 5.61. The van der Waals surface area contributed by atoms with Crippen LogP contribution in [0.1, 0.15) is 46.5 Å². The van der Waals surface area contributed by atoms with Gasteiger partial charge in [-0.1, -0.05) is 0 Å². The van der Waals surface area contributed by atoms with Gasteiger partial charge in [0.25, 0.3) is 0 Å². The molecule has 0 aromatic heterocycles. The summed E-state index contributed by atoms with van der Waals surface area (Å²) < 4.78 is 5.70. The van der Waals surface area contributed by atoms with Crippen molar-refractivity contribution in [3.05, 3.63) is 0 Å². The summed E-state index contributed by atoms with van der Waals surface area (Å²) in [4.78, 5) is 0. The van der Waals surface area contributed by atoms with Crippen molar-refractivity contribution in [1.82, 2.24) is 5.32 Å². The Kier molecular flexibility index (Phi) is 4.90. The number of piperidine rings is 1. The Hall–Kier alpha value is -0.0800. The van der Waals surface area contributed by atoms with E-state index in [2.05, 4.69) is 26.1 Å². The number of hydrogen-bond acceptors (Lipinski definition) is 2. The molecule has 14 heavy (non-hydrogen) atoms. The number of hydrogen-bond donors (Lipinski definition) is 1. The molecular weight excluding hydrogens is 174 g/mol. The maximum Gasteiger partial charge on any atom is 0.0598 e. The van der Waals surface area contributed by atoms with Crippen molar-refractivity contribution in [2.24, 2.45) is 5.92 Å². The zero-order valence-corrected chi connectivity index (χ0v) is 9.94. The smallest absolute Gasteiger partial charge is 0.0598 e. The summed E-state index contributed by atoms with van der Waals surface area (Å²) in [7, 11) is 0. The zero-order valence-electron chi connectivity index (χ0n) is 9.94. The summed E-state index contributed by atoms with van der Waals surface area (Å²) in [5.41, 5.74) is 0.0358. The Balaban J connectivity index is 1.97. The van der Waals surface area contributed by atoms with E-state index in [4.69, 9.17) is 4.74 Å². The van der Waals surface area contributed by atoms with Crippen LogP contribution in [-0.4, -0.2) is 25.3 Å². The fourth-order valence-corrected chi connectivity index (χ4v) is 1.92. The molecule has 0 radical (unpaired) electrons. The van der Waals surface area contributed by atoms with Gasteiger partial charge in [0.1, 0.15) is 0 Å². The minimum absolute atomic E-state index is 0.0358. The van der Waals surface area contributed by atoms with Crippen LogP contribution in [0.5, 0.6) is 0 Å². The highest BCUT2D eigenvalue weighted by atomic mass is 16.5. The highest BCUT2D eigenvalue weighted by Gasteiger charge is 2.13. The van der Waals surface area contributed by atoms with E-state index in [9.17, 15) is 0 Å². The molecule has 1 fully saturated rings. The first kappa shape index (κ1) is 12.0. The molecule has 0 bridgehead atoms. The van der Waals surface area contributed by atoms with E-state index < -0.39 is 0 Å². The second kappa shape index (κ2) is 5.72. The molecule has 2 heteroatoms. The first-order valence-electron chi connectivity index (χ1n) is 5.92. The van der Waals surface area contributed by atoms with Gasteiger partial charge < -0.3 is 10.1 Å². The number of ether oxygens (including phenoxy) is 1. The molecule has 1 aliphatic rings. The van der Waals surface area contributed by atoms with Crippen LogP contribution < -0.4 is 5.32 Å². The standard InChI is InChI=1S/C12H25NO/c1-12(2,3)14-10-4-5-11-6-8-13-9-7-11/h11,13H,4-10H2,1-3H3. The summed E-state index contributed by atoms with van der Waals surface area (Å²) in [6, 6.07) is 0. The first-order chi connectivity index (χ1) is 6.58. The van der Waals surface area contributed by atoms with Gasteiger partial charge in [-0.2, -0.15) is 0 Å². The van der Waals surface area contributed by atoms with Crippen LogP contribution in [0.2, 0.25) is 0 Å². The van der Waals surface area contributed by atoms with Crippen LogP contribution in [-0.2, 0) is 4.74 Å². The lowest BCUT2D eigenvalue weighted by molar-refractivity contribution is -0.00626. The SMILES string of the molecule is CC(C)(C)OCCCC1CCNCC1. The summed E-state index contributed by atoms with van der Waals surface area (Å²) in [6.45, 7) is 9.72. The maximum atomic E-state index is 5.70. The third-order valence-corrected chi connectivity index (χ3v) is 2.75. The molecule has 0 unspecified atom stereocenters. The average Bonchev–Trinajstić information content (AvgIpc) is 2.13. The fourth-order valence-electron chi connectivity index (χ4n) is 1.92. The number of nitrogens with one attached hydrogen (secondary N) is 1. The fraction of sp³-hybridized carbons (Fsp3) is 1.00. The predicted molar refractivity (Wildman–Crippen MR) is 60.5 cm³/mol. The highest BCUT2D eigenvalue weighted by molar-refractivity contribution is 4.68. The van der Waals surface area contributed by atoms with Crippen molar-refractivity contribution >= 4 is 0 Å². The van der Waals surface area contributed by atoms with Crippen molar-refractivity contribution in [3.63, 3.8) is 0 Å². The zero-order chi connectivity index (χ0) is 10.4. The lowest BCUT2D eigenvalue weighted by Crippen LogP contribution is -2.28. The molecule has 84 valence electrons. The summed E-state index contributed by atoms with van der Waals surface area (Å²) in [5, 5.41) is 3.40. The summed E-state index contributed by atoms with van der Waals surface area (Å²) in [5.74, 6) is 0.944. The van der Waals surface area contributed by atoms with Crippen LogP contribution >= 0.6 is 0 Å². The van der Waals surface area contributed by atoms with E-state index in [1.165, 1.54) is 38.8 Å². The third-order valence-electron chi connectivity index (χ3n) is 2.75. The van der Waals surface area contributed by atoms with Crippen LogP contribution in [0.3, 0.4) is 0 Å². The van der Waals surface area contributed by atoms with E-state index in [0.717, 1.165) is 12.5 Å². The quantitative estimate of drug-likeness (QED) is 0.703. The average molecular weight is 199 g/mol. The second-order valence-electron chi connectivity index (χ2n) is 5.30. The van der Waals surface area contributed by atoms with Gasteiger partial charge in [-0.3, -0.25) is 0 Å². The lowest BCUT2D eigenvalue weighted by Gasteiger charge is -2.24. The van der Waals surface area contributed by atoms with E-state index in [1.807, 2.05) is 0 Å². The van der Waals surface area contributed by atoms with Crippen molar-refractivity contribution in [2.75, 3.05) is 19.7 Å². The predicted octanol–water partition coefficient (Wildman–Crippen LogP) is 2.58. The molecule has 1 heterocycles. The molecule has 0 spiro atoms. The molecule has 1 aliphatic heterocycles. The molecule has 0 atom stereocenters. The van der Waals surface area contributed by atoms with Gasteiger partial charge in [-0.05, 0) is 65.5 Å². The summed E-state index contributed by atoms with van der Waals surface area (Å²) in [6.07, 6.45) is 5.28. The number of rotatable bonds is 4. The highest BCUT2D eigenvalue weighted by Crippen LogP contribution is 2.18. The van der Waals surface area contributed by atoms with Crippen LogP contribution in [0.15, 0.2) is 0 Å². The van der Waals surface area contributed by atoms with E-state index in [1.54, 1.807) is 0 Å². The lowest BCUT2D eigenvalue weighted by atomic mass is 9.93.